The molecule has 25 heavy (non-hydrogen) atoms. The van der Waals surface area contributed by atoms with Crippen LogP contribution in [0.25, 0.3) is 0 Å². The van der Waals surface area contributed by atoms with E-state index in [4.69, 9.17) is 14.7 Å². The van der Waals surface area contributed by atoms with Crippen LogP contribution in [0, 0.1) is 13.8 Å². The van der Waals surface area contributed by atoms with Crippen molar-refractivity contribution in [2.75, 3.05) is 42.6 Å². The summed E-state index contributed by atoms with van der Waals surface area (Å²) in [5.41, 5.74) is 1.91. The third-order valence-electron chi connectivity index (χ3n) is 6.27. The van der Waals surface area contributed by atoms with Crippen LogP contribution < -0.4 is 9.80 Å². The highest BCUT2D eigenvalue weighted by molar-refractivity contribution is 5.53. The van der Waals surface area contributed by atoms with E-state index in [2.05, 4.69) is 23.6 Å². The molecule has 1 atom stereocenters. The molecule has 3 fully saturated rings. The number of aliphatic hydroxyl groups is 1. The Morgan fingerprint density at radius 2 is 1.72 bits per heavy atom. The molecule has 1 aromatic heterocycles. The lowest BCUT2D eigenvalue weighted by molar-refractivity contribution is -0.164. The Balaban J connectivity index is 1.54. The maximum absolute atomic E-state index is 10.5. The molecule has 4 rings (SSSR count). The highest BCUT2D eigenvalue weighted by Gasteiger charge is 2.44. The average Bonchev–Trinajstić information content (AvgIpc) is 3.15. The van der Waals surface area contributed by atoms with E-state index >= 15 is 0 Å². The number of aryl methyl sites for hydroxylation is 1. The molecule has 0 aliphatic carbocycles. The molecule has 4 heterocycles. The summed E-state index contributed by atoms with van der Waals surface area (Å²) in [6.07, 6.45) is 5.71. The van der Waals surface area contributed by atoms with E-state index in [9.17, 15) is 5.11 Å². The smallest absolute Gasteiger partial charge is 0.227 e. The molecule has 0 bridgehead atoms. The van der Waals surface area contributed by atoms with E-state index in [0.717, 1.165) is 75.9 Å². The van der Waals surface area contributed by atoms with Gasteiger partial charge in [-0.2, -0.15) is 4.98 Å². The zero-order valence-electron chi connectivity index (χ0n) is 15.5. The molecule has 0 saturated carbocycles. The Morgan fingerprint density at radius 3 is 2.40 bits per heavy atom. The van der Waals surface area contributed by atoms with Crippen molar-refractivity contribution >= 4 is 11.8 Å². The van der Waals surface area contributed by atoms with Gasteiger partial charge in [0.2, 0.25) is 5.95 Å². The van der Waals surface area contributed by atoms with Crippen LogP contribution in [0.5, 0.6) is 0 Å². The van der Waals surface area contributed by atoms with Crippen LogP contribution >= 0.6 is 0 Å². The molecular weight excluding hydrogens is 316 g/mol. The van der Waals surface area contributed by atoms with Crippen LogP contribution in [-0.2, 0) is 4.74 Å². The lowest BCUT2D eigenvalue weighted by atomic mass is 9.82. The molecule has 1 unspecified atom stereocenters. The predicted octanol–water partition coefficient (Wildman–Crippen LogP) is 2.20. The topological polar surface area (TPSA) is 61.7 Å². The van der Waals surface area contributed by atoms with Gasteiger partial charge in [-0.1, -0.05) is 0 Å². The van der Waals surface area contributed by atoms with Gasteiger partial charge in [0.1, 0.15) is 5.82 Å². The van der Waals surface area contributed by atoms with Gasteiger partial charge in [-0.15, -0.1) is 0 Å². The van der Waals surface area contributed by atoms with E-state index in [1.54, 1.807) is 0 Å². The first-order valence-electron chi connectivity index (χ1n) is 9.76. The Kier molecular flexibility index (Phi) is 4.58. The Morgan fingerprint density at radius 1 is 1.00 bits per heavy atom. The van der Waals surface area contributed by atoms with Crippen molar-refractivity contribution in [3.05, 3.63) is 11.3 Å². The summed E-state index contributed by atoms with van der Waals surface area (Å²) in [6, 6.07) is 0. The van der Waals surface area contributed by atoms with Crippen molar-refractivity contribution in [2.24, 2.45) is 0 Å². The molecule has 0 amide bonds. The second-order valence-electron chi connectivity index (χ2n) is 7.81. The largest absolute Gasteiger partial charge is 0.390 e. The zero-order chi connectivity index (χ0) is 17.4. The van der Waals surface area contributed by atoms with Crippen LogP contribution in [0.2, 0.25) is 0 Å². The zero-order valence-corrected chi connectivity index (χ0v) is 15.5. The molecule has 138 valence electrons. The molecule has 1 spiro atoms. The quantitative estimate of drug-likeness (QED) is 0.886. The van der Waals surface area contributed by atoms with Crippen molar-refractivity contribution in [3.8, 4) is 0 Å². The molecule has 0 radical (unpaired) electrons. The Labute approximate surface area is 150 Å². The van der Waals surface area contributed by atoms with Gasteiger partial charge in [0.05, 0.1) is 11.7 Å². The summed E-state index contributed by atoms with van der Waals surface area (Å²) in [5, 5.41) is 10.5. The number of nitrogens with zero attached hydrogens (tertiary/aromatic N) is 4. The molecule has 6 nitrogen and oxygen atoms in total. The summed E-state index contributed by atoms with van der Waals surface area (Å²) in [4.78, 5) is 14.3. The number of ether oxygens (including phenoxy) is 1. The molecule has 3 aliphatic heterocycles. The van der Waals surface area contributed by atoms with E-state index in [1.165, 1.54) is 18.4 Å². The Bertz CT molecular complexity index is 622. The van der Waals surface area contributed by atoms with Crippen molar-refractivity contribution in [1.29, 1.82) is 0 Å². The lowest BCUT2D eigenvalue weighted by Crippen LogP contribution is -2.55. The summed E-state index contributed by atoms with van der Waals surface area (Å²) >= 11 is 0. The second-order valence-corrected chi connectivity index (χ2v) is 7.81. The number of rotatable bonds is 2. The number of aromatic nitrogens is 2. The minimum absolute atomic E-state index is 0.322. The summed E-state index contributed by atoms with van der Waals surface area (Å²) in [5.74, 6) is 1.94. The van der Waals surface area contributed by atoms with Crippen molar-refractivity contribution in [3.63, 3.8) is 0 Å². The van der Waals surface area contributed by atoms with Crippen molar-refractivity contribution in [2.45, 2.75) is 64.1 Å². The maximum atomic E-state index is 10.5. The molecule has 0 aromatic carbocycles. The highest BCUT2D eigenvalue weighted by Crippen LogP contribution is 2.37. The molecular formula is C19H30N4O2. The first-order chi connectivity index (χ1) is 12.1. The van der Waals surface area contributed by atoms with Gasteiger partial charge in [-0.05, 0) is 52.4 Å². The van der Waals surface area contributed by atoms with Gasteiger partial charge >= 0.3 is 0 Å². The maximum Gasteiger partial charge on any atom is 0.227 e. The fourth-order valence-corrected chi connectivity index (χ4v) is 4.45. The Hall–Kier alpha value is -1.40. The van der Waals surface area contributed by atoms with E-state index < -0.39 is 0 Å². The number of piperidine rings is 1. The van der Waals surface area contributed by atoms with Crippen LogP contribution in [0.1, 0.15) is 49.8 Å². The standard InChI is InChI=1S/C19H30N4O2/c1-14-15(2)20-18(23-9-3-4-10-23)21-17(14)22-11-7-19(8-12-22)16(24)6-5-13-25-19/h16,24H,3-13H2,1-2H3. The minimum atomic E-state index is -0.331. The normalized spacial score (nSPS) is 26.4. The number of aliphatic hydroxyl groups excluding tert-OH is 1. The molecule has 3 saturated heterocycles. The molecule has 6 heteroatoms. The number of anilines is 2. The third kappa shape index (κ3) is 3.10. The van der Waals surface area contributed by atoms with Crippen LogP contribution in [0.15, 0.2) is 0 Å². The monoisotopic (exact) mass is 346 g/mol. The van der Waals surface area contributed by atoms with Gasteiger partial charge in [-0.25, -0.2) is 4.98 Å². The van der Waals surface area contributed by atoms with E-state index in [-0.39, 0.29) is 11.7 Å². The molecule has 1 aromatic rings. The SMILES string of the molecule is Cc1nc(N2CCCC2)nc(N2CCC3(CC2)OCCCC3O)c1C. The van der Waals surface area contributed by atoms with Gasteiger partial charge in [0, 0.05) is 44.0 Å². The van der Waals surface area contributed by atoms with Crippen LogP contribution in [0.3, 0.4) is 0 Å². The summed E-state index contributed by atoms with van der Waals surface area (Å²) < 4.78 is 6.04. The highest BCUT2D eigenvalue weighted by atomic mass is 16.5. The van der Waals surface area contributed by atoms with Crippen molar-refractivity contribution < 1.29 is 9.84 Å². The first-order valence-corrected chi connectivity index (χ1v) is 9.76. The van der Waals surface area contributed by atoms with Gasteiger partial charge in [-0.3, -0.25) is 0 Å². The molecule has 1 N–H and O–H groups in total. The van der Waals surface area contributed by atoms with Crippen LogP contribution in [0.4, 0.5) is 11.8 Å². The summed E-state index contributed by atoms with van der Waals surface area (Å²) in [6.45, 7) is 8.87. The number of hydrogen-bond donors (Lipinski definition) is 1. The summed E-state index contributed by atoms with van der Waals surface area (Å²) in [7, 11) is 0. The van der Waals surface area contributed by atoms with E-state index in [1.807, 2.05) is 0 Å². The second kappa shape index (κ2) is 6.72. The van der Waals surface area contributed by atoms with Gasteiger partial charge < -0.3 is 19.6 Å². The number of hydrogen-bond acceptors (Lipinski definition) is 6. The predicted molar refractivity (Wildman–Crippen MR) is 98.3 cm³/mol. The van der Waals surface area contributed by atoms with Gasteiger partial charge in [0.25, 0.3) is 0 Å². The fourth-order valence-electron chi connectivity index (χ4n) is 4.45. The minimum Gasteiger partial charge on any atom is -0.390 e. The fraction of sp³-hybridized carbons (Fsp3) is 0.789. The third-order valence-corrected chi connectivity index (χ3v) is 6.27. The van der Waals surface area contributed by atoms with Crippen molar-refractivity contribution in [1.82, 2.24) is 9.97 Å². The van der Waals surface area contributed by atoms with Gasteiger partial charge in [0.15, 0.2) is 0 Å². The van der Waals surface area contributed by atoms with Crippen LogP contribution in [-0.4, -0.2) is 59.6 Å². The average molecular weight is 346 g/mol. The first kappa shape index (κ1) is 17.0. The molecule has 3 aliphatic rings. The van der Waals surface area contributed by atoms with E-state index in [0.29, 0.717) is 0 Å². The lowest BCUT2D eigenvalue weighted by Gasteiger charge is -2.47.